The van der Waals surface area contributed by atoms with Crippen LogP contribution < -0.4 is 4.74 Å². The number of hydrogen-bond donors (Lipinski definition) is 1. The minimum Gasteiger partial charge on any atom is -0.461 e. The molecule has 8 heteroatoms. The average molecular weight is 346 g/mol. The number of alkyl halides is 3. The number of aliphatic hydroxyl groups excluding tert-OH is 1. The van der Waals surface area contributed by atoms with Crippen molar-refractivity contribution in [3.05, 3.63) is 54.6 Å². The molecule has 0 aliphatic heterocycles. The van der Waals surface area contributed by atoms with Gasteiger partial charge in [0.15, 0.2) is 6.61 Å². The standard InChI is InChI=1S/C16H17F3O5/c1-3-8-22-9-11(2)14(20)24-13-6-4-12(5-7-13)15(21)23-10-16(17,18)19/h3-7,14,20H,1-2,8-10H2/t14-/m0/s1. The van der Waals surface area contributed by atoms with E-state index in [1.807, 2.05) is 0 Å². The van der Waals surface area contributed by atoms with Crippen molar-refractivity contribution in [2.24, 2.45) is 0 Å². The number of carbonyl (C=O) groups is 1. The first-order valence-corrected chi connectivity index (χ1v) is 6.78. The van der Waals surface area contributed by atoms with Crippen molar-refractivity contribution in [2.75, 3.05) is 19.8 Å². The smallest absolute Gasteiger partial charge is 0.422 e. The average Bonchev–Trinajstić information content (AvgIpc) is 2.52. The normalized spacial score (nSPS) is 12.3. The molecule has 1 aromatic rings. The molecule has 1 N–H and O–H groups in total. The number of hydrogen-bond acceptors (Lipinski definition) is 5. The molecule has 1 aromatic carbocycles. The number of ether oxygens (including phenoxy) is 3. The molecule has 1 rings (SSSR count). The molecule has 0 radical (unpaired) electrons. The quantitative estimate of drug-likeness (QED) is 0.322. The molecule has 5 nitrogen and oxygen atoms in total. The van der Waals surface area contributed by atoms with Crippen molar-refractivity contribution < 1.29 is 37.3 Å². The van der Waals surface area contributed by atoms with Crippen molar-refractivity contribution in [2.45, 2.75) is 12.5 Å². The molecule has 0 heterocycles. The number of benzene rings is 1. The molecule has 1 atom stereocenters. The van der Waals surface area contributed by atoms with Crippen LogP contribution in [0, 0.1) is 0 Å². The molecule has 0 aromatic heterocycles. The summed E-state index contributed by atoms with van der Waals surface area (Å²) < 4.78 is 50.3. The summed E-state index contributed by atoms with van der Waals surface area (Å²) in [6.45, 7) is 5.77. The second-order valence-electron chi connectivity index (χ2n) is 4.65. The first-order chi connectivity index (χ1) is 11.2. The summed E-state index contributed by atoms with van der Waals surface area (Å²) in [5.74, 6) is -0.915. The first kappa shape index (κ1) is 19.7. The van der Waals surface area contributed by atoms with Gasteiger partial charge in [0.05, 0.1) is 18.8 Å². The molecule has 0 aliphatic carbocycles. The Morgan fingerprint density at radius 3 is 2.46 bits per heavy atom. The van der Waals surface area contributed by atoms with E-state index in [4.69, 9.17) is 9.47 Å². The summed E-state index contributed by atoms with van der Waals surface area (Å²) in [6, 6.07) is 5.06. The maximum Gasteiger partial charge on any atom is 0.422 e. The van der Waals surface area contributed by atoms with Gasteiger partial charge in [0.1, 0.15) is 5.75 Å². The number of rotatable bonds is 9. The lowest BCUT2D eigenvalue weighted by Gasteiger charge is -2.16. The van der Waals surface area contributed by atoms with Crippen LogP contribution in [0.4, 0.5) is 13.2 Å². The van der Waals surface area contributed by atoms with E-state index in [1.165, 1.54) is 30.3 Å². The van der Waals surface area contributed by atoms with Crippen molar-refractivity contribution in [1.82, 2.24) is 0 Å². The Morgan fingerprint density at radius 2 is 1.92 bits per heavy atom. The molecule has 132 valence electrons. The van der Waals surface area contributed by atoms with Crippen LogP contribution >= 0.6 is 0 Å². The topological polar surface area (TPSA) is 65.0 Å². The highest BCUT2D eigenvalue weighted by Crippen LogP contribution is 2.18. The first-order valence-electron chi connectivity index (χ1n) is 6.78. The van der Waals surface area contributed by atoms with Crippen LogP contribution in [0.15, 0.2) is 49.1 Å². The van der Waals surface area contributed by atoms with Crippen LogP contribution in [-0.2, 0) is 9.47 Å². The molecule has 24 heavy (non-hydrogen) atoms. The lowest BCUT2D eigenvalue weighted by Crippen LogP contribution is -2.21. The molecule has 0 saturated carbocycles. The minimum atomic E-state index is -4.59. The van der Waals surface area contributed by atoms with Gasteiger partial charge in [0, 0.05) is 5.57 Å². The zero-order valence-corrected chi connectivity index (χ0v) is 12.7. The summed E-state index contributed by atoms with van der Waals surface area (Å²) in [6.07, 6.45) is -4.38. The van der Waals surface area contributed by atoms with Gasteiger partial charge in [-0.2, -0.15) is 13.2 Å². The molecule has 0 fully saturated rings. The lowest BCUT2D eigenvalue weighted by atomic mass is 10.2. The van der Waals surface area contributed by atoms with E-state index >= 15 is 0 Å². The van der Waals surface area contributed by atoms with Gasteiger partial charge in [-0.15, -0.1) is 6.58 Å². The third kappa shape index (κ3) is 7.30. The highest BCUT2D eigenvalue weighted by Gasteiger charge is 2.29. The molecule has 0 unspecified atom stereocenters. The third-order valence-corrected chi connectivity index (χ3v) is 2.58. The Labute approximate surface area is 136 Å². The Bertz CT molecular complexity index is 566. The lowest BCUT2D eigenvalue weighted by molar-refractivity contribution is -0.161. The predicted octanol–water partition coefficient (Wildman–Crippen LogP) is 2.86. The van der Waals surface area contributed by atoms with E-state index in [-0.39, 0.29) is 23.5 Å². The third-order valence-electron chi connectivity index (χ3n) is 2.58. The highest BCUT2D eigenvalue weighted by molar-refractivity contribution is 5.89. The molecule has 0 amide bonds. The zero-order valence-electron chi connectivity index (χ0n) is 12.7. The van der Waals surface area contributed by atoms with E-state index in [0.29, 0.717) is 6.61 Å². The van der Waals surface area contributed by atoms with Crippen LogP contribution in [0.25, 0.3) is 0 Å². The van der Waals surface area contributed by atoms with E-state index < -0.39 is 25.0 Å². The number of halogens is 3. The molecule has 0 spiro atoms. The molecule has 0 aliphatic rings. The molecule has 0 bridgehead atoms. The van der Waals surface area contributed by atoms with E-state index in [2.05, 4.69) is 17.9 Å². The van der Waals surface area contributed by atoms with Crippen molar-refractivity contribution in [3.8, 4) is 5.75 Å². The fraction of sp³-hybridized carbons (Fsp3) is 0.312. The predicted molar refractivity (Wildman–Crippen MR) is 79.6 cm³/mol. The molecular formula is C16H17F3O5. The SMILES string of the molecule is C=CCOCC(=C)[C@@H](O)Oc1ccc(C(=O)OCC(F)(F)F)cc1. The summed E-state index contributed by atoms with van der Waals surface area (Å²) >= 11 is 0. The zero-order chi connectivity index (χ0) is 18.2. The summed E-state index contributed by atoms with van der Waals surface area (Å²) in [7, 11) is 0. The fourth-order valence-electron chi connectivity index (χ4n) is 1.46. The largest absolute Gasteiger partial charge is 0.461 e. The van der Waals surface area contributed by atoms with Gasteiger partial charge in [-0.25, -0.2) is 4.79 Å². The van der Waals surface area contributed by atoms with Gasteiger partial charge in [0.25, 0.3) is 0 Å². The summed E-state index contributed by atoms with van der Waals surface area (Å²) in [5.41, 5.74) is 0.194. The van der Waals surface area contributed by atoms with Crippen LogP contribution in [0.2, 0.25) is 0 Å². The van der Waals surface area contributed by atoms with Crippen LogP contribution in [-0.4, -0.2) is 43.4 Å². The van der Waals surface area contributed by atoms with Gasteiger partial charge >= 0.3 is 12.1 Å². The van der Waals surface area contributed by atoms with E-state index in [0.717, 1.165) is 0 Å². The molecular weight excluding hydrogens is 329 g/mol. The van der Waals surface area contributed by atoms with Crippen LogP contribution in [0.5, 0.6) is 5.75 Å². The Hall–Kier alpha value is -2.32. The van der Waals surface area contributed by atoms with Gasteiger partial charge in [0.2, 0.25) is 6.29 Å². The number of carbonyl (C=O) groups excluding carboxylic acids is 1. The van der Waals surface area contributed by atoms with Crippen LogP contribution in [0.3, 0.4) is 0 Å². The number of esters is 1. The fourth-order valence-corrected chi connectivity index (χ4v) is 1.46. The maximum atomic E-state index is 12.0. The maximum absolute atomic E-state index is 12.0. The highest BCUT2D eigenvalue weighted by atomic mass is 19.4. The van der Waals surface area contributed by atoms with Crippen molar-refractivity contribution in [3.63, 3.8) is 0 Å². The van der Waals surface area contributed by atoms with Crippen LogP contribution in [0.1, 0.15) is 10.4 Å². The van der Waals surface area contributed by atoms with E-state index in [9.17, 15) is 23.1 Å². The van der Waals surface area contributed by atoms with Gasteiger partial charge < -0.3 is 19.3 Å². The Morgan fingerprint density at radius 1 is 1.29 bits per heavy atom. The summed E-state index contributed by atoms with van der Waals surface area (Å²) in [4.78, 5) is 11.4. The molecule has 0 saturated heterocycles. The van der Waals surface area contributed by atoms with Gasteiger partial charge in [-0.1, -0.05) is 12.7 Å². The minimum absolute atomic E-state index is 0.0645. The summed E-state index contributed by atoms with van der Waals surface area (Å²) in [5, 5.41) is 9.78. The van der Waals surface area contributed by atoms with E-state index in [1.54, 1.807) is 0 Å². The van der Waals surface area contributed by atoms with Crippen molar-refractivity contribution in [1.29, 1.82) is 0 Å². The Balaban J connectivity index is 2.53. The van der Waals surface area contributed by atoms with Gasteiger partial charge in [-0.3, -0.25) is 0 Å². The second kappa shape index (κ2) is 9.09. The van der Waals surface area contributed by atoms with Crippen molar-refractivity contribution >= 4 is 5.97 Å². The number of aliphatic hydroxyl groups is 1. The second-order valence-corrected chi connectivity index (χ2v) is 4.65. The van der Waals surface area contributed by atoms with Gasteiger partial charge in [-0.05, 0) is 24.3 Å². The monoisotopic (exact) mass is 346 g/mol. The Kier molecular flexibility index (Phi) is 7.47.